The number of rotatable bonds is 7. The van der Waals surface area contributed by atoms with Gasteiger partial charge in [0.25, 0.3) is 9.05 Å². The van der Waals surface area contributed by atoms with E-state index in [1.54, 1.807) is 0 Å². The number of esters is 1. The molecule has 0 N–H and O–H groups in total. The molecule has 0 bridgehead atoms. The third kappa shape index (κ3) is 5.07. The third-order valence-electron chi connectivity index (χ3n) is 2.24. The lowest BCUT2D eigenvalue weighted by Gasteiger charge is -2.06. The minimum absolute atomic E-state index is 0.0270. The summed E-state index contributed by atoms with van der Waals surface area (Å²) in [7, 11) is 0.805. The van der Waals surface area contributed by atoms with Gasteiger partial charge in [0, 0.05) is 17.3 Å². The summed E-state index contributed by atoms with van der Waals surface area (Å²) in [4.78, 5) is 10.9. The van der Waals surface area contributed by atoms with E-state index in [-0.39, 0.29) is 18.8 Å². The van der Waals surface area contributed by atoms with Crippen LogP contribution in [0.3, 0.4) is 0 Å². The molecule has 1 rings (SSSR count). The first-order valence-corrected chi connectivity index (χ1v) is 8.16. The van der Waals surface area contributed by atoms with E-state index in [9.17, 15) is 17.6 Å². The average Bonchev–Trinajstić information content (AvgIpc) is 2.37. The van der Waals surface area contributed by atoms with Crippen molar-refractivity contribution in [2.45, 2.75) is 18.2 Å². The van der Waals surface area contributed by atoms with E-state index in [0.717, 1.165) is 24.6 Å². The molecule has 0 amide bonds. The zero-order valence-electron chi connectivity index (χ0n) is 10.8. The Bertz CT molecular complexity index is 573. The Hall–Kier alpha value is -1.18. The maximum Gasteiger partial charge on any atom is 0.338 e. The van der Waals surface area contributed by atoms with Crippen molar-refractivity contribution < 1.29 is 27.1 Å². The van der Waals surface area contributed by atoms with Crippen molar-refractivity contribution in [1.29, 1.82) is 0 Å². The van der Waals surface area contributed by atoms with Crippen LogP contribution in [-0.2, 0) is 18.5 Å². The molecule has 20 heavy (non-hydrogen) atoms. The van der Waals surface area contributed by atoms with Gasteiger partial charge in [-0.1, -0.05) is 6.92 Å². The van der Waals surface area contributed by atoms with Gasteiger partial charge in [0.05, 0.1) is 12.2 Å². The number of hydrogen-bond donors (Lipinski definition) is 0. The highest BCUT2D eigenvalue weighted by molar-refractivity contribution is 8.13. The predicted octanol–water partition coefficient (Wildman–Crippen LogP) is 2.34. The number of hydrogen-bond acceptors (Lipinski definition) is 5. The lowest BCUT2D eigenvalue weighted by Crippen LogP contribution is -2.12. The summed E-state index contributed by atoms with van der Waals surface area (Å²) in [5.74, 6) is -1.80. The Balaban J connectivity index is 2.70. The molecule has 112 valence electrons. The molecule has 0 aliphatic carbocycles. The average molecular weight is 325 g/mol. The lowest BCUT2D eigenvalue weighted by molar-refractivity contribution is 0.0318. The molecule has 1 aromatic rings. The summed E-state index contributed by atoms with van der Waals surface area (Å²) in [6.45, 7) is 2.77. The van der Waals surface area contributed by atoms with E-state index >= 15 is 0 Å². The van der Waals surface area contributed by atoms with Crippen molar-refractivity contribution in [3.05, 3.63) is 29.6 Å². The Morgan fingerprint density at radius 1 is 1.30 bits per heavy atom. The van der Waals surface area contributed by atoms with Crippen molar-refractivity contribution >= 4 is 25.7 Å². The quantitative estimate of drug-likeness (QED) is 0.437. The Morgan fingerprint density at radius 2 is 2.00 bits per heavy atom. The molecular weight excluding hydrogens is 311 g/mol. The van der Waals surface area contributed by atoms with E-state index < -0.39 is 25.7 Å². The summed E-state index contributed by atoms with van der Waals surface area (Å²) >= 11 is 0. The van der Waals surface area contributed by atoms with Gasteiger partial charge >= 0.3 is 5.97 Å². The summed E-state index contributed by atoms with van der Waals surface area (Å²) < 4.78 is 45.5. The molecule has 0 heterocycles. The molecule has 0 atom stereocenters. The van der Waals surface area contributed by atoms with Crippen LogP contribution in [0.25, 0.3) is 0 Å². The number of carbonyl (C=O) groups excluding carboxylic acids is 1. The topological polar surface area (TPSA) is 69.7 Å². The highest BCUT2D eigenvalue weighted by Gasteiger charge is 2.19. The van der Waals surface area contributed by atoms with Crippen LogP contribution in [0.1, 0.15) is 23.7 Å². The number of carbonyl (C=O) groups is 1. The molecule has 1 aromatic carbocycles. The van der Waals surface area contributed by atoms with Gasteiger partial charge in [-0.15, -0.1) is 0 Å². The second-order valence-electron chi connectivity index (χ2n) is 3.83. The van der Waals surface area contributed by atoms with E-state index in [0.29, 0.717) is 6.61 Å². The fraction of sp³-hybridized carbons (Fsp3) is 0.417. The number of halogens is 2. The maximum absolute atomic E-state index is 13.3. The van der Waals surface area contributed by atoms with E-state index in [1.165, 1.54) is 0 Å². The zero-order valence-corrected chi connectivity index (χ0v) is 12.3. The molecule has 0 unspecified atom stereocenters. The normalized spacial score (nSPS) is 11.3. The van der Waals surface area contributed by atoms with Crippen molar-refractivity contribution in [1.82, 2.24) is 0 Å². The van der Waals surface area contributed by atoms with E-state index in [4.69, 9.17) is 20.2 Å². The van der Waals surface area contributed by atoms with Crippen molar-refractivity contribution in [2.24, 2.45) is 0 Å². The molecular formula is C12H14ClFO5S. The fourth-order valence-electron chi connectivity index (χ4n) is 1.34. The van der Waals surface area contributed by atoms with Gasteiger partial charge in [0.1, 0.15) is 17.3 Å². The molecule has 0 aliphatic rings. The Morgan fingerprint density at radius 3 is 2.60 bits per heavy atom. The molecule has 0 aliphatic heterocycles. The first kappa shape index (κ1) is 16.9. The number of benzene rings is 1. The van der Waals surface area contributed by atoms with Gasteiger partial charge in [0.15, 0.2) is 0 Å². The molecule has 8 heteroatoms. The predicted molar refractivity (Wildman–Crippen MR) is 70.8 cm³/mol. The molecule has 0 saturated carbocycles. The van der Waals surface area contributed by atoms with Gasteiger partial charge in [0.2, 0.25) is 0 Å². The summed E-state index contributed by atoms with van der Waals surface area (Å²) in [6, 6.07) is 2.81. The monoisotopic (exact) mass is 324 g/mol. The molecule has 0 spiro atoms. The first-order chi connectivity index (χ1) is 9.36. The molecule has 0 radical (unpaired) electrons. The zero-order chi connectivity index (χ0) is 15.2. The van der Waals surface area contributed by atoms with Crippen molar-refractivity contribution in [2.75, 3.05) is 19.8 Å². The van der Waals surface area contributed by atoms with Crippen LogP contribution in [0.4, 0.5) is 4.39 Å². The van der Waals surface area contributed by atoms with Crippen LogP contribution in [0.15, 0.2) is 23.1 Å². The molecule has 0 saturated heterocycles. The Kier molecular flexibility index (Phi) is 6.38. The van der Waals surface area contributed by atoms with Crippen LogP contribution >= 0.6 is 10.7 Å². The highest BCUT2D eigenvalue weighted by Crippen LogP contribution is 2.20. The van der Waals surface area contributed by atoms with Crippen LogP contribution in [0.2, 0.25) is 0 Å². The third-order valence-corrected chi connectivity index (χ3v) is 3.58. The summed E-state index contributed by atoms with van der Waals surface area (Å²) in [5.41, 5.74) is -0.0962. The first-order valence-electron chi connectivity index (χ1n) is 5.85. The van der Waals surface area contributed by atoms with Crippen LogP contribution in [-0.4, -0.2) is 34.2 Å². The van der Waals surface area contributed by atoms with Crippen LogP contribution < -0.4 is 0 Å². The second-order valence-corrected chi connectivity index (χ2v) is 6.37. The van der Waals surface area contributed by atoms with Crippen LogP contribution in [0, 0.1) is 5.82 Å². The molecule has 0 fully saturated rings. The van der Waals surface area contributed by atoms with Crippen LogP contribution in [0.5, 0.6) is 0 Å². The standard InChI is InChI=1S/C12H14ClFO5S/c1-2-5-18-6-7-19-12(15)9-3-4-10(14)11(8-9)20(13,16)17/h3-4,8H,2,5-7H2,1H3. The van der Waals surface area contributed by atoms with E-state index in [1.807, 2.05) is 6.92 Å². The second kappa shape index (κ2) is 7.56. The summed E-state index contributed by atoms with van der Waals surface area (Å²) in [5, 5.41) is 0. The lowest BCUT2D eigenvalue weighted by atomic mass is 10.2. The minimum Gasteiger partial charge on any atom is -0.460 e. The maximum atomic E-state index is 13.3. The number of ether oxygens (including phenoxy) is 2. The van der Waals surface area contributed by atoms with Gasteiger partial charge in [-0.2, -0.15) is 0 Å². The van der Waals surface area contributed by atoms with Gasteiger partial charge in [-0.3, -0.25) is 0 Å². The van der Waals surface area contributed by atoms with Gasteiger partial charge < -0.3 is 9.47 Å². The van der Waals surface area contributed by atoms with E-state index in [2.05, 4.69) is 0 Å². The van der Waals surface area contributed by atoms with Crippen molar-refractivity contribution in [3.63, 3.8) is 0 Å². The Labute approximate surface area is 121 Å². The van der Waals surface area contributed by atoms with Gasteiger partial charge in [-0.05, 0) is 24.6 Å². The highest BCUT2D eigenvalue weighted by atomic mass is 35.7. The van der Waals surface area contributed by atoms with Gasteiger partial charge in [-0.25, -0.2) is 17.6 Å². The fourth-order valence-corrected chi connectivity index (χ4v) is 2.26. The largest absolute Gasteiger partial charge is 0.460 e. The summed E-state index contributed by atoms with van der Waals surface area (Å²) in [6.07, 6.45) is 0.850. The smallest absolute Gasteiger partial charge is 0.338 e. The SMILES string of the molecule is CCCOCCOC(=O)c1ccc(F)c(S(=O)(=O)Cl)c1. The minimum atomic E-state index is -4.26. The van der Waals surface area contributed by atoms with Crippen molar-refractivity contribution in [3.8, 4) is 0 Å². The molecule has 5 nitrogen and oxygen atoms in total. The molecule has 0 aromatic heterocycles.